The van der Waals surface area contributed by atoms with Gasteiger partial charge in [-0.3, -0.25) is 4.79 Å². The van der Waals surface area contributed by atoms with E-state index >= 15 is 0 Å². The second-order valence-corrected chi connectivity index (χ2v) is 4.27. The SMILES string of the molecule is CCNC(=O)Cc1ccc(NC(CC)C(=O)O)cc1. The second kappa shape index (κ2) is 7.41. The van der Waals surface area contributed by atoms with Gasteiger partial charge in [-0.1, -0.05) is 19.1 Å². The molecule has 0 aromatic heterocycles. The van der Waals surface area contributed by atoms with Crippen molar-refractivity contribution in [1.29, 1.82) is 0 Å². The maximum Gasteiger partial charge on any atom is 0.326 e. The van der Waals surface area contributed by atoms with Crippen LogP contribution >= 0.6 is 0 Å². The summed E-state index contributed by atoms with van der Waals surface area (Å²) in [6.07, 6.45) is 0.847. The first-order valence-corrected chi connectivity index (χ1v) is 6.41. The van der Waals surface area contributed by atoms with Crippen molar-refractivity contribution >= 4 is 17.6 Å². The first kappa shape index (κ1) is 15.0. The summed E-state index contributed by atoms with van der Waals surface area (Å²) in [5, 5.41) is 14.6. The number of hydrogen-bond donors (Lipinski definition) is 3. The summed E-state index contributed by atoms with van der Waals surface area (Å²) < 4.78 is 0. The van der Waals surface area contributed by atoms with Gasteiger partial charge in [0, 0.05) is 12.2 Å². The molecule has 0 saturated heterocycles. The molecule has 1 unspecified atom stereocenters. The highest BCUT2D eigenvalue weighted by molar-refractivity contribution is 5.79. The Morgan fingerprint density at radius 1 is 1.21 bits per heavy atom. The molecule has 0 aliphatic heterocycles. The van der Waals surface area contributed by atoms with Crippen molar-refractivity contribution in [3.8, 4) is 0 Å². The van der Waals surface area contributed by atoms with Crippen LogP contribution < -0.4 is 10.6 Å². The first-order chi connectivity index (χ1) is 9.06. The monoisotopic (exact) mass is 264 g/mol. The Morgan fingerprint density at radius 3 is 2.32 bits per heavy atom. The van der Waals surface area contributed by atoms with Crippen molar-refractivity contribution in [1.82, 2.24) is 5.32 Å². The molecule has 0 radical (unpaired) electrons. The minimum Gasteiger partial charge on any atom is -0.480 e. The molecular weight excluding hydrogens is 244 g/mol. The zero-order valence-electron chi connectivity index (χ0n) is 11.3. The van der Waals surface area contributed by atoms with E-state index in [2.05, 4.69) is 10.6 Å². The quantitative estimate of drug-likeness (QED) is 0.699. The fourth-order valence-electron chi connectivity index (χ4n) is 1.70. The van der Waals surface area contributed by atoms with E-state index in [1.165, 1.54) is 0 Å². The van der Waals surface area contributed by atoms with Gasteiger partial charge in [0.05, 0.1) is 6.42 Å². The van der Waals surface area contributed by atoms with Crippen LogP contribution in [0.5, 0.6) is 0 Å². The van der Waals surface area contributed by atoms with Crippen molar-refractivity contribution < 1.29 is 14.7 Å². The largest absolute Gasteiger partial charge is 0.480 e. The van der Waals surface area contributed by atoms with E-state index in [0.29, 0.717) is 19.4 Å². The lowest BCUT2D eigenvalue weighted by molar-refractivity contribution is -0.138. The second-order valence-electron chi connectivity index (χ2n) is 4.27. The summed E-state index contributed by atoms with van der Waals surface area (Å²) in [6.45, 7) is 4.31. The lowest BCUT2D eigenvalue weighted by Gasteiger charge is -2.13. The van der Waals surface area contributed by atoms with Gasteiger partial charge in [-0.15, -0.1) is 0 Å². The fourth-order valence-corrected chi connectivity index (χ4v) is 1.70. The van der Waals surface area contributed by atoms with Gasteiger partial charge in [0.1, 0.15) is 6.04 Å². The topological polar surface area (TPSA) is 78.4 Å². The molecule has 3 N–H and O–H groups in total. The summed E-state index contributed by atoms with van der Waals surface area (Å²) >= 11 is 0. The van der Waals surface area contributed by atoms with E-state index in [-0.39, 0.29) is 5.91 Å². The molecule has 104 valence electrons. The number of carbonyl (C=O) groups is 2. The summed E-state index contributed by atoms with van der Waals surface area (Å²) in [4.78, 5) is 22.3. The number of hydrogen-bond acceptors (Lipinski definition) is 3. The van der Waals surface area contributed by atoms with Crippen molar-refractivity contribution in [2.75, 3.05) is 11.9 Å². The van der Waals surface area contributed by atoms with Gasteiger partial charge in [-0.25, -0.2) is 4.79 Å². The Bertz CT molecular complexity index is 429. The van der Waals surface area contributed by atoms with Gasteiger partial charge in [-0.2, -0.15) is 0 Å². The van der Waals surface area contributed by atoms with Crippen LogP contribution in [0.3, 0.4) is 0 Å². The molecule has 1 atom stereocenters. The van der Waals surface area contributed by atoms with Crippen LogP contribution in [0.25, 0.3) is 0 Å². The molecule has 5 heteroatoms. The smallest absolute Gasteiger partial charge is 0.326 e. The molecule has 0 fully saturated rings. The van der Waals surface area contributed by atoms with E-state index in [4.69, 9.17) is 5.11 Å². The number of rotatable bonds is 7. The number of carboxylic acid groups (broad SMARTS) is 1. The van der Waals surface area contributed by atoms with Gasteiger partial charge >= 0.3 is 5.97 Å². The minimum absolute atomic E-state index is 0.0137. The molecule has 0 saturated carbocycles. The predicted octanol–water partition coefficient (Wildman–Crippen LogP) is 1.64. The molecule has 19 heavy (non-hydrogen) atoms. The maximum absolute atomic E-state index is 11.4. The standard InChI is InChI=1S/C14H20N2O3/c1-3-12(14(18)19)16-11-7-5-10(6-8-11)9-13(17)15-4-2/h5-8,12,16H,3-4,9H2,1-2H3,(H,15,17)(H,18,19). The maximum atomic E-state index is 11.4. The zero-order chi connectivity index (χ0) is 14.3. The van der Waals surface area contributed by atoms with Crippen LogP contribution in [-0.2, 0) is 16.0 Å². The number of nitrogens with one attached hydrogen (secondary N) is 2. The molecule has 0 bridgehead atoms. The van der Waals surface area contributed by atoms with E-state index in [0.717, 1.165) is 11.3 Å². The molecule has 0 spiro atoms. The number of likely N-dealkylation sites (N-methyl/N-ethyl adjacent to an activating group) is 1. The molecule has 0 aliphatic rings. The Morgan fingerprint density at radius 2 is 1.84 bits per heavy atom. The average molecular weight is 264 g/mol. The lowest BCUT2D eigenvalue weighted by Crippen LogP contribution is -2.28. The zero-order valence-corrected chi connectivity index (χ0v) is 11.3. The molecule has 0 aliphatic carbocycles. The average Bonchev–Trinajstić information content (AvgIpc) is 2.37. The van der Waals surface area contributed by atoms with E-state index < -0.39 is 12.0 Å². The Kier molecular flexibility index (Phi) is 5.85. The molecule has 0 heterocycles. The van der Waals surface area contributed by atoms with Crippen LogP contribution in [0.4, 0.5) is 5.69 Å². The number of amides is 1. The van der Waals surface area contributed by atoms with E-state index in [1.807, 2.05) is 26.0 Å². The van der Waals surface area contributed by atoms with Crippen molar-refractivity contribution in [3.63, 3.8) is 0 Å². The fraction of sp³-hybridized carbons (Fsp3) is 0.429. The van der Waals surface area contributed by atoms with Gasteiger partial charge in [0.25, 0.3) is 0 Å². The summed E-state index contributed by atoms with van der Waals surface area (Å²) in [5.41, 5.74) is 1.65. The van der Waals surface area contributed by atoms with Crippen molar-refractivity contribution in [2.45, 2.75) is 32.7 Å². The minimum atomic E-state index is -0.867. The third-order valence-electron chi connectivity index (χ3n) is 2.74. The van der Waals surface area contributed by atoms with Crippen LogP contribution in [-0.4, -0.2) is 29.6 Å². The van der Waals surface area contributed by atoms with Gasteiger partial charge in [-0.05, 0) is 31.0 Å². The van der Waals surface area contributed by atoms with Gasteiger partial charge < -0.3 is 15.7 Å². The summed E-state index contributed by atoms with van der Waals surface area (Å²) in [7, 11) is 0. The van der Waals surface area contributed by atoms with Crippen LogP contribution in [0.15, 0.2) is 24.3 Å². The Labute approximate surface area is 113 Å². The summed E-state index contributed by atoms with van der Waals surface area (Å²) in [6, 6.07) is 6.65. The third kappa shape index (κ3) is 4.99. The highest BCUT2D eigenvalue weighted by Crippen LogP contribution is 2.12. The molecule has 1 rings (SSSR count). The Balaban J connectivity index is 2.61. The first-order valence-electron chi connectivity index (χ1n) is 6.41. The molecule has 1 aromatic carbocycles. The van der Waals surface area contributed by atoms with Crippen LogP contribution in [0, 0.1) is 0 Å². The molecule has 1 aromatic rings. The number of anilines is 1. The number of carboxylic acids is 1. The number of benzene rings is 1. The van der Waals surface area contributed by atoms with Gasteiger partial charge in [0.2, 0.25) is 5.91 Å². The third-order valence-corrected chi connectivity index (χ3v) is 2.74. The molecular formula is C14H20N2O3. The normalized spacial score (nSPS) is 11.7. The van der Waals surface area contributed by atoms with Crippen LogP contribution in [0.2, 0.25) is 0 Å². The predicted molar refractivity (Wildman–Crippen MR) is 74.2 cm³/mol. The highest BCUT2D eigenvalue weighted by atomic mass is 16.4. The van der Waals surface area contributed by atoms with Crippen molar-refractivity contribution in [2.24, 2.45) is 0 Å². The lowest BCUT2D eigenvalue weighted by atomic mass is 10.1. The van der Waals surface area contributed by atoms with E-state index in [9.17, 15) is 9.59 Å². The molecule has 5 nitrogen and oxygen atoms in total. The van der Waals surface area contributed by atoms with Crippen molar-refractivity contribution in [3.05, 3.63) is 29.8 Å². The molecule has 1 amide bonds. The summed E-state index contributed by atoms with van der Waals surface area (Å²) in [5.74, 6) is -0.880. The van der Waals surface area contributed by atoms with E-state index in [1.54, 1.807) is 12.1 Å². The number of carbonyl (C=O) groups excluding carboxylic acids is 1. The number of aliphatic carboxylic acids is 1. The highest BCUT2D eigenvalue weighted by Gasteiger charge is 2.14. The van der Waals surface area contributed by atoms with Gasteiger partial charge in [0.15, 0.2) is 0 Å². The Hall–Kier alpha value is -2.04. The van der Waals surface area contributed by atoms with Crippen LogP contribution in [0.1, 0.15) is 25.8 Å².